The summed E-state index contributed by atoms with van der Waals surface area (Å²) in [5.41, 5.74) is 8.23. The molecule has 3 heterocycles. The zero-order valence-electron chi connectivity index (χ0n) is 21.1. The monoisotopic (exact) mass is 526 g/mol. The number of aromatic nitrogens is 4. The normalized spacial score (nSPS) is 12.6. The molecule has 0 fully saturated rings. The van der Waals surface area contributed by atoms with Crippen molar-refractivity contribution in [1.29, 1.82) is 10.5 Å². The minimum Gasteiger partial charge on any atom is -0.383 e. The molecule has 8 nitrogen and oxygen atoms in total. The molecule has 0 atom stereocenters. The molecule has 3 aromatic heterocycles. The van der Waals surface area contributed by atoms with E-state index in [0.717, 1.165) is 11.6 Å². The summed E-state index contributed by atoms with van der Waals surface area (Å²) in [5, 5.41) is 19.6. The van der Waals surface area contributed by atoms with Crippen LogP contribution in [0.4, 0.5) is 19.0 Å². The van der Waals surface area contributed by atoms with Crippen LogP contribution in [0.5, 0.6) is 0 Å². The molecule has 5 rings (SSSR count). The maximum atomic E-state index is 13.5. The highest BCUT2D eigenvalue weighted by atomic mass is 19.4. The maximum Gasteiger partial charge on any atom is 0.419 e. The van der Waals surface area contributed by atoms with Gasteiger partial charge in [0.1, 0.15) is 5.82 Å². The van der Waals surface area contributed by atoms with Crippen LogP contribution in [0.15, 0.2) is 65.9 Å². The van der Waals surface area contributed by atoms with E-state index in [9.17, 15) is 23.7 Å². The second kappa shape index (κ2) is 8.99. The number of aryl methyl sites for hydroxylation is 1. The lowest BCUT2D eigenvalue weighted by Gasteiger charge is -2.16. The van der Waals surface area contributed by atoms with E-state index >= 15 is 0 Å². The number of benzene rings is 2. The van der Waals surface area contributed by atoms with Gasteiger partial charge in [0.15, 0.2) is 0 Å². The standard InChI is InChI=1S/C28H21F3N8/c1-27(2,14-32)18-5-7-19(8-6-18)39-24-20-10-16(17-11-21(28(29,30)31)25(34)36-12-17)4-9-22(20)35-13-23(24)38(3)26(39)37-15-33/h4-13H,1-3H3,(H2,34,36). The van der Waals surface area contributed by atoms with Crippen molar-refractivity contribution in [2.45, 2.75) is 25.4 Å². The molecular weight excluding hydrogens is 505 g/mol. The van der Waals surface area contributed by atoms with Crippen molar-refractivity contribution in [1.82, 2.24) is 19.1 Å². The van der Waals surface area contributed by atoms with Crippen molar-refractivity contribution in [3.05, 3.63) is 77.7 Å². The molecule has 194 valence electrons. The number of pyridine rings is 2. The molecule has 0 aliphatic rings. The van der Waals surface area contributed by atoms with E-state index in [0.29, 0.717) is 38.8 Å². The fourth-order valence-electron chi connectivity index (χ4n) is 4.55. The van der Waals surface area contributed by atoms with Gasteiger partial charge in [0, 0.05) is 29.9 Å². The maximum absolute atomic E-state index is 13.5. The van der Waals surface area contributed by atoms with Crippen LogP contribution in [0.2, 0.25) is 0 Å². The van der Waals surface area contributed by atoms with Crippen LogP contribution in [-0.4, -0.2) is 19.1 Å². The number of fused-ring (bicyclic) bond motifs is 3. The van der Waals surface area contributed by atoms with E-state index in [1.54, 1.807) is 40.6 Å². The van der Waals surface area contributed by atoms with Gasteiger partial charge in [-0.1, -0.05) is 18.2 Å². The van der Waals surface area contributed by atoms with Crippen molar-refractivity contribution in [3.8, 4) is 29.1 Å². The molecule has 5 aromatic rings. The Kier molecular flexibility index (Phi) is 5.88. The van der Waals surface area contributed by atoms with Gasteiger partial charge in [-0.25, -0.2) is 4.98 Å². The third kappa shape index (κ3) is 4.24. The van der Waals surface area contributed by atoms with Gasteiger partial charge in [0.25, 0.3) is 0 Å². The molecule has 0 saturated carbocycles. The zero-order chi connectivity index (χ0) is 28.1. The molecule has 11 heteroatoms. The molecule has 0 unspecified atom stereocenters. The first-order chi connectivity index (χ1) is 18.5. The number of hydrogen-bond donors (Lipinski definition) is 1. The first kappa shape index (κ1) is 25.5. The summed E-state index contributed by atoms with van der Waals surface area (Å²) in [6.45, 7) is 3.64. The van der Waals surface area contributed by atoms with Crippen LogP contribution < -0.4 is 11.4 Å². The Morgan fingerprint density at radius 2 is 1.67 bits per heavy atom. The van der Waals surface area contributed by atoms with E-state index < -0.39 is 23.0 Å². The fourth-order valence-corrected chi connectivity index (χ4v) is 4.55. The summed E-state index contributed by atoms with van der Waals surface area (Å²) in [5.74, 6) is -0.595. The van der Waals surface area contributed by atoms with Crippen LogP contribution in [0.1, 0.15) is 25.0 Å². The van der Waals surface area contributed by atoms with Crippen LogP contribution >= 0.6 is 0 Å². The molecular formula is C28H21F3N8. The molecule has 0 bridgehead atoms. The molecule has 0 aliphatic heterocycles. The minimum atomic E-state index is -4.65. The average molecular weight is 527 g/mol. The van der Waals surface area contributed by atoms with E-state index in [2.05, 4.69) is 21.0 Å². The van der Waals surface area contributed by atoms with Gasteiger partial charge in [-0.2, -0.15) is 23.7 Å². The van der Waals surface area contributed by atoms with Gasteiger partial charge in [-0.15, -0.1) is 4.99 Å². The van der Waals surface area contributed by atoms with Crippen molar-refractivity contribution < 1.29 is 13.2 Å². The Morgan fingerprint density at radius 3 is 2.31 bits per heavy atom. The SMILES string of the molecule is Cn1c(=NC#N)n(-c2ccc(C(C)(C)C#N)cc2)c2c3cc(-c4cnc(N)c(C(F)(F)F)c4)ccc3ncc21. The summed E-state index contributed by atoms with van der Waals surface area (Å²) in [4.78, 5) is 12.3. The Morgan fingerprint density at radius 1 is 0.949 bits per heavy atom. The minimum absolute atomic E-state index is 0.239. The molecule has 0 spiro atoms. The van der Waals surface area contributed by atoms with Gasteiger partial charge in [-0.3, -0.25) is 9.55 Å². The van der Waals surface area contributed by atoms with Crippen molar-refractivity contribution in [2.75, 3.05) is 5.73 Å². The highest BCUT2D eigenvalue weighted by molar-refractivity contribution is 6.04. The van der Waals surface area contributed by atoms with Crippen molar-refractivity contribution >= 4 is 27.8 Å². The quantitative estimate of drug-likeness (QED) is 0.317. The predicted octanol–water partition coefficient (Wildman–Crippen LogP) is 5.36. The number of nitriles is 2. The fraction of sp³-hybridized carbons (Fsp3) is 0.179. The number of hydrogen-bond acceptors (Lipinski definition) is 6. The zero-order valence-corrected chi connectivity index (χ0v) is 21.1. The van der Waals surface area contributed by atoms with E-state index in [1.165, 1.54) is 6.20 Å². The third-order valence-electron chi connectivity index (χ3n) is 6.74. The van der Waals surface area contributed by atoms with Gasteiger partial charge in [0.2, 0.25) is 11.8 Å². The van der Waals surface area contributed by atoms with Crippen LogP contribution in [0, 0.1) is 22.8 Å². The van der Waals surface area contributed by atoms with Crippen LogP contribution in [0.25, 0.3) is 38.8 Å². The molecule has 0 radical (unpaired) electrons. The number of rotatable bonds is 3. The van der Waals surface area contributed by atoms with Gasteiger partial charge in [-0.05, 0) is 55.3 Å². The van der Waals surface area contributed by atoms with Crippen LogP contribution in [-0.2, 0) is 18.6 Å². The lowest BCUT2D eigenvalue weighted by Crippen LogP contribution is -2.23. The average Bonchev–Trinajstić information content (AvgIpc) is 3.20. The summed E-state index contributed by atoms with van der Waals surface area (Å²) in [7, 11) is 1.75. The number of anilines is 1. The first-order valence-electron chi connectivity index (χ1n) is 11.7. The predicted molar refractivity (Wildman–Crippen MR) is 140 cm³/mol. The first-order valence-corrected chi connectivity index (χ1v) is 11.7. The van der Waals surface area contributed by atoms with E-state index in [4.69, 9.17) is 5.73 Å². The lowest BCUT2D eigenvalue weighted by molar-refractivity contribution is -0.137. The second-order valence-corrected chi connectivity index (χ2v) is 9.57. The van der Waals surface area contributed by atoms with Gasteiger partial charge < -0.3 is 10.3 Å². The number of nitrogen functional groups attached to an aromatic ring is 1. The molecule has 0 amide bonds. The highest BCUT2D eigenvalue weighted by Crippen LogP contribution is 2.36. The highest BCUT2D eigenvalue weighted by Gasteiger charge is 2.34. The third-order valence-corrected chi connectivity index (χ3v) is 6.74. The smallest absolute Gasteiger partial charge is 0.383 e. The van der Waals surface area contributed by atoms with Crippen molar-refractivity contribution in [3.63, 3.8) is 0 Å². The second-order valence-electron chi connectivity index (χ2n) is 9.57. The Hall–Kier alpha value is -5.16. The number of halogens is 3. The van der Waals surface area contributed by atoms with E-state index in [1.807, 2.05) is 44.3 Å². The summed E-state index contributed by atoms with van der Waals surface area (Å²) >= 11 is 0. The summed E-state index contributed by atoms with van der Waals surface area (Å²) < 4.78 is 44.0. The Labute approximate surface area is 220 Å². The van der Waals surface area contributed by atoms with Crippen molar-refractivity contribution in [2.24, 2.45) is 12.0 Å². The van der Waals surface area contributed by atoms with E-state index in [-0.39, 0.29) is 5.56 Å². The van der Waals surface area contributed by atoms with Gasteiger partial charge in [0.05, 0.1) is 39.8 Å². The topological polar surface area (TPSA) is 122 Å². The molecule has 39 heavy (non-hydrogen) atoms. The van der Waals surface area contributed by atoms with Gasteiger partial charge >= 0.3 is 6.18 Å². The summed E-state index contributed by atoms with van der Waals surface area (Å²) in [6, 6.07) is 15.7. The summed E-state index contributed by atoms with van der Waals surface area (Å²) in [6.07, 6.45) is 0.146. The molecule has 2 aromatic carbocycles. The number of alkyl halides is 3. The number of nitrogens with two attached hydrogens (primary N) is 1. The number of imidazole rings is 1. The number of nitrogens with zero attached hydrogens (tertiary/aromatic N) is 7. The molecule has 0 saturated heterocycles. The Balaban J connectivity index is 1.82. The Bertz CT molecular complexity index is 1910. The largest absolute Gasteiger partial charge is 0.419 e. The molecule has 2 N–H and O–H groups in total. The lowest BCUT2D eigenvalue weighted by atomic mass is 9.86. The molecule has 0 aliphatic carbocycles. The van der Waals surface area contributed by atoms with Crippen LogP contribution in [0.3, 0.4) is 0 Å².